The van der Waals surface area contributed by atoms with Crippen molar-refractivity contribution in [2.75, 3.05) is 26.0 Å². The van der Waals surface area contributed by atoms with E-state index in [9.17, 15) is 4.79 Å². The maximum Gasteiger partial charge on any atom is 0.412 e. The molecule has 0 atom stereocenters. The average molecular weight is 381 g/mol. The van der Waals surface area contributed by atoms with Gasteiger partial charge in [0.15, 0.2) is 0 Å². The molecule has 102 valence electrons. The van der Waals surface area contributed by atoms with Crippen LogP contribution in [-0.4, -0.2) is 32.1 Å². The van der Waals surface area contributed by atoms with Gasteiger partial charge in [-0.1, -0.05) is 0 Å². The van der Waals surface area contributed by atoms with Crippen molar-refractivity contribution in [3.63, 3.8) is 0 Å². The Morgan fingerprint density at radius 3 is 2.11 bits per heavy atom. The third-order valence-corrected chi connectivity index (χ3v) is 7.61. The monoisotopic (exact) mass is 381 g/mol. The summed E-state index contributed by atoms with van der Waals surface area (Å²) in [5.74, 6) is 0.590. The zero-order valence-electron chi connectivity index (χ0n) is 11.4. The Kier molecular flexibility index (Phi) is 7.79. The Morgan fingerprint density at radius 1 is 1.22 bits per heavy atom. The summed E-state index contributed by atoms with van der Waals surface area (Å²) in [7, 11) is 0.548. The zero-order valence-corrected chi connectivity index (χ0v) is 14.4. The number of carbonyl (C=O) groups is 1. The number of hydrogen-bond acceptors (Lipinski definition) is 2. The fraction of sp³-hybridized carbons (Fsp3) is 0.462. The molecule has 0 aromatic heterocycles. The highest BCUT2D eigenvalue weighted by Gasteiger charge is 2.29. The number of benzene rings is 1. The van der Waals surface area contributed by atoms with E-state index < -0.39 is 13.4 Å². The van der Waals surface area contributed by atoms with Crippen LogP contribution in [0.4, 0.5) is 4.79 Å². The first-order valence-corrected chi connectivity index (χ1v) is 8.51. The molecule has 0 aliphatic carbocycles. The van der Waals surface area contributed by atoms with Gasteiger partial charge in [0.25, 0.3) is 0 Å². The van der Waals surface area contributed by atoms with Crippen molar-refractivity contribution < 1.29 is 33.5 Å². The molecule has 1 N–H and O–H groups in total. The Hall–Kier alpha value is -0.350. The minimum absolute atomic E-state index is 0. The van der Waals surface area contributed by atoms with Crippen LogP contribution in [0.25, 0.3) is 0 Å². The fourth-order valence-electron chi connectivity index (χ4n) is 1.62. The smallest absolute Gasteiger partial charge is 0.412 e. The van der Waals surface area contributed by atoms with Crippen molar-refractivity contribution in [2.45, 2.75) is 13.8 Å². The summed E-state index contributed by atoms with van der Waals surface area (Å²) < 4.78 is 5.06. The van der Waals surface area contributed by atoms with Crippen molar-refractivity contribution in [1.82, 2.24) is 5.32 Å². The number of hydrogen-bond donors (Lipinski definition) is 1. The lowest BCUT2D eigenvalue weighted by atomic mass is 10.3. The lowest BCUT2D eigenvalue weighted by Crippen LogP contribution is -3.00. The van der Waals surface area contributed by atoms with Crippen molar-refractivity contribution in [2.24, 2.45) is 0 Å². The molecule has 0 saturated heterocycles. The number of amides is 1. The molecule has 1 aromatic carbocycles. The molecule has 1 aromatic rings. The average Bonchev–Trinajstić information content (AvgIpc) is 2.38. The van der Waals surface area contributed by atoms with Gasteiger partial charge in [-0.3, -0.25) is 0 Å². The van der Waals surface area contributed by atoms with Gasteiger partial charge in [0.05, 0.1) is 24.3 Å². The molecule has 0 bridgehead atoms. The molecule has 5 heteroatoms. The van der Waals surface area contributed by atoms with Crippen molar-refractivity contribution in [3.8, 4) is 5.75 Å². The second-order valence-electron chi connectivity index (χ2n) is 4.16. The third kappa shape index (κ3) is 4.39. The number of nitrogens with one attached hydrogen (secondary N) is 1. The summed E-state index contributed by atoms with van der Waals surface area (Å²) in [4.78, 5) is 11.0. The molecular weight excluding hydrogens is 360 g/mol. The second-order valence-corrected chi connectivity index (χ2v) is 8.73. The van der Waals surface area contributed by atoms with Gasteiger partial charge >= 0.3 is 6.09 Å². The van der Waals surface area contributed by atoms with Crippen LogP contribution in [-0.2, 0) is 0 Å². The molecule has 3 nitrogen and oxygen atoms in total. The Balaban J connectivity index is 0.00000289. The van der Waals surface area contributed by atoms with Gasteiger partial charge in [-0.15, -0.1) is 0 Å². The minimum atomic E-state index is -1.00. The molecular formula is C13H21INO2P. The van der Waals surface area contributed by atoms with E-state index >= 15 is 0 Å². The summed E-state index contributed by atoms with van der Waals surface area (Å²) in [6.45, 7) is 6.85. The summed E-state index contributed by atoms with van der Waals surface area (Å²) in [6, 6.07) is 7.90. The third-order valence-electron chi connectivity index (χ3n) is 3.27. The molecule has 18 heavy (non-hydrogen) atoms. The number of halogens is 1. The number of carbonyl (C=O) groups excluding carboxylic acids is 1. The van der Waals surface area contributed by atoms with Gasteiger partial charge in [0.2, 0.25) is 0 Å². The van der Waals surface area contributed by atoms with Crippen LogP contribution < -0.4 is 39.3 Å². The lowest BCUT2D eigenvalue weighted by molar-refractivity contribution is -0.00000865. The zero-order chi connectivity index (χ0) is 12.9. The minimum Gasteiger partial charge on any atom is -1.00 e. The van der Waals surface area contributed by atoms with Crippen molar-refractivity contribution in [1.29, 1.82) is 0 Å². The highest BCUT2D eigenvalue weighted by atomic mass is 127. The first kappa shape index (κ1) is 17.6. The van der Waals surface area contributed by atoms with Gasteiger partial charge in [-0.2, -0.15) is 0 Å². The fourth-order valence-corrected chi connectivity index (χ4v) is 3.67. The molecule has 0 aliphatic heterocycles. The quantitative estimate of drug-likeness (QED) is 0.576. The van der Waals surface area contributed by atoms with Gasteiger partial charge < -0.3 is 34.0 Å². The van der Waals surface area contributed by atoms with Gasteiger partial charge in [-0.05, 0) is 38.1 Å². The summed E-state index contributed by atoms with van der Waals surface area (Å²) in [5, 5.41) is 3.82. The Labute approximate surface area is 127 Å². The van der Waals surface area contributed by atoms with E-state index in [1.807, 2.05) is 12.1 Å². The van der Waals surface area contributed by atoms with E-state index in [-0.39, 0.29) is 24.0 Å². The van der Waals surface area contributed by atoms with Crippen LogP contribution in [0.1, 0.15) is 13.8 Å². The molecule has 1 amide bonds. The summed E-state index contributed by atoms with van der Waals surface area (Å²) >= 11 is 0. The lowest BCUT2D eigenvalue weighted by Gasteiger charge is -2.19. The van der Waals surface area contributed by atoms with E-state index in [4.69, 9.17) is 4.74 Å². The molecule has 1 rings (SSSR count). The second kappa shape index (κ2) is 7.95. The van der Waals surface area contributed by atoms with Crippen molar-refractivity contribution >= 4 is 18.7 Å². The van der Waals surface area contributed by atoms with Crippen LogP contribution in [0.15, 0.2) is 24.3 Å². The number of rotatable bonds is 4. The van der Waals surface area contributed by atoms with Gasteiger partial charge in [-0.25, -0.2) is 4.79 Å². The van der Waals surface area contributed by atoms with Gasteiger partial charge in [0, 0.05) is 14.3 Å². The molecule has 0 spiro atoms. The highest BCUT2D eigenvalue weighted by molar-refractivity contribution is 7.82. The molecule has 0 fully saturated rings. The topological polar surface area (TPSA) is 38.3 Å². The summed E-state index contributed by atoms with van der Waals surface area (Å²) in [5.41, 5.74) is 0. The molecule has 0 radical (unpaired) electrons. The standard InChI is InChI=1S/C13H20NO2P.HI/c1-5-17(4,6-2)12-9-7-11(8-10-12)16-13(15)14-3;/h7-10H,5-6H2,1-4H3;1H. The van der Waals surface area contributed by atoms with E-state index in [0.29, 0.717) is 5.75 Å². The van der Waals surface area contributed by atoms with E-state index in [2.05, 4.69) is 38.0 Å². The van der Waals surface area contributed by atoms with Crippen LogP contribution in [0, 0.1) is 0 Å². The maximum absolute atomic E-state index is 11.0. The Bertz CT molecular complexity index is 377. The largest absolute Gasteiger partial charge is 1.00 e. The predicted octanol–water partition coefficient (Wildman–Crippen LogP) is -0.279. The van der Waals surface area contributed by atoms with Crippen LogP contribution in [0.3, 0.4) is 0 Å². The van der Waals surface area contributed by atoms with E-state index in [1.165, 1.54) is 17.6 Å². The number of ether oxygens (including phenoxy) is 1. The molecule has 0 heterocycles. The molecule has 0 unspecified atom stereocenters. The first-order valence-electron chi connectivity index (χ1n) is 5.90. The van der Waals surface area contributed by atoms with Gasteiger partial charge in [0.1, 0.15) is 5.75 Å². The predicted molar refractivity (Wildman–Crippen MR) is 75.1 cm³/mol. The maximum atomic E-state index is 11.0. The molecule has 0 saturated carbocycles. The van der Waals surface area contributed by atoms with Crippen molar-refractivity contribution in [3.05, 3.63) is 24.3 Å². The van der Waals surface area contributed by atoms with E-state index in [0.717, 1.165) is 0 Å². The summed E-state index contributed by atoms with van der Waals surface area (Å²) in [6.07, 6.45) is 1.99. The Morgan fingerprint density at radius 2 is 1.72 bits per heavy atom. The highest BCUT2D eigenvalue weighted by Crippen LogP contribution is 2.52. The van der Waals surface area contributed by atoms with Crippen LogP contribution in [0.5, 0.6) is 5.75 Å². The first-order chi connectivity index (χ1) is 8.05. The molecule has 0 aliphatic rings. The van der Waals surface area contributed by atoms with Crippen LogP contribution in [0.2, 0.25) is 0 Å². The normalized spacial score (nSPS) is 10.4. The van der Waals surface area contributed by atoms with Crippen LogP contribution >= 0.6 is 7.26 Å². The van der Waals surface area contributed by atoms with E-state index in [1.54, 1.807) is 7.05 Å². The SMILES string of the molecule is CC[P+](C)(CC)c1ccc(OC(=O)NC)cc1.[I-].